The zero-order valence-corrected chi connectivity index (χ0v) is 11.6. The highest BCUT2D eigenvalue weighted by molar-refractivity contribution is 5.80. The maximum absolute atomic E-state index is 12.3. The standard InChI is InChI=1S/C15H22N2O2/c1-11-8-12(9-19-11)14(18)17-15(2,10-16)13-6-4-3-5-7-13/h3-7,11-12H,8-10,16H2,1-2H3,(H,17,18). The van der Waals surface area contributed by atoms with Gasteiger partial charge in [0.05, 0.1) is 24.2 Å². The molecule has 19 heavy (non-hydrogen) atoms. The van der Waals surface area contributed by atoms with E-state index < -0.39 is 5.54 Å². The summed E-state index contributed by atoms with van der Waals surface area (Å²) in [6.07, 6.45) is 0.943. The molecule has 4 heteroatoms. The minimum absolute atomic E-state index is 0.0288. The first kappa shape index (κ1) is 14.0. The van der Waals surface area contributed by atoms with Crippen LogP contribution in [-0.4, -0.2) is 25.2 Å². The first-order chi connectivity index (χ1) is 9.05. The first-order valence-corrected chi connectivity index (χ1v) is 6.74. The number of carbonyl (C=O) groups is 1. The van der Waals surface area contributed by atoms with Crippen LogP contribution < -0.4 is 11.1 Å². The van der Waals surface area contributed by atoms with E-state index in [-0.39, 0.29) is 17.9 Å². The molecule has 4 nitrogen and oxygen atoms in total. The minimum Gasteiger partial charge on any atom is -0.378 e. The van der Waals surface area contributed by atoms with Crippen molar-refractivity contribution < 1.29 is 9.53 Å². The second kappa shape index (κ2) is 5.72. The molecule has 1 aromatic carbocycles. The van der Waals surface area contributed by atoms with Crippen molar-refractivity contribution in [3.05, 3.63) is 35.9 Å². The quantitative estimate of drug-likeness (QED) is 0.862. The Hall–Kier alpha value is -1.39. The third-order valence-corrected chi connectivity index (χ3v) is 3.79. The number of nitrogens with one attached hydrogen (secondary N) is 1. The molecule has 1 aromatic rings. The normalized spacial score (nSPS) is 25.8. The number of rotatable bonds is 4. The van der Waals surface area contributed by atoms with Crippen LogP contribution in [-0.2, 0) is 15.1 Å². The van der Waals surface area contributed by atoms with E-state index in [1.807, 2.05) is 44.2 Å². The molecule has 1 fully saturated rings. The van der Waals surface area contributed by atoms with E-state index >= 15 is 0 Å². The maximum atomic E-state index is 12.3. The lowest BCUT2D eigenvalue weighted by molar-refractivity contribution is -0.126. The topological polar surface area (TPSA) is 64.4 Å². The van der Waals surface area contributed by atoms with Crippen LogP contribution in [0.2, 0.25) is 0 Å². The van der Waals surface area contributed by atoms with Gasteiger partial charge in [-0.05, 0) is 25.8 Å². The molecule has 3 atom stereocenters. The average Bonchev–Trinajstić information content (AvgIpc) is 2.86. The molecule has 1 amide bonds. The van der Waals surface area contributed by atoms with E-state index in [2.05, 4.69) is 5.32 Å². The molecule has 1 saturated heterocycles. The molecular weight excluding hydrogens is 240 g/mol. The molecule has 2 rings (SSSR count). The van der Waals surface area contributed by atoms with Crippen LogP contribution in [0.15, 0.2) is 30.3 Å². The Bertz CT molecular complexity index is 435. The van der Waals surface area contributed by atoms with Gasteiger partial charge in [-0.15, -0.1) is 0 Å². The highest BCUT2D eigenvalue weighted by atomic mass is 16.5. The van der Waals surface area contributed by atoms with Gasteiger partial charge in [-0.25, -0.2) is 0 Å². The van der Waals surface area contributed by atoms with Crippen LogP contribution in [0.5, 0.6) is 0 Å². The Labute approximate surface area is 114 Å². The van der Waals surface area contributed by atoms with Gasteiger partial charge in [0.15, 0.2) is 0 Å². The summed E-state index contributed by atoms with van der Waals surface area (Å²) >= 11 is 0. The van der Waals surface area contributed by atoms with Gasteiger partial charge in [0.2, 0.25) is 5.91 Å². The summed E-state index contributed by atoms with van der Waals surface area (Å²) in [5.74, 6) is -0.0364. The molecule has 104 valence electrons. The second-order valence-electron chi connectivity index (χ2n) is 5.47. The number of hydrogen-bond donors (Lipinski definition) is 2. The Morgan fingerprint density at radius 3 is 2.68 bits per heavy atom. The van der Waals surface area contributed by atoms with Gasteiger partial charge in [-0.2, -0.15) is 0 Å². The average molecular weight is 262 g/mol. The third kappa shape index (κ3) is 3.14. The van der Waals surface area contributed by atoms with Gasteiger partial charge in [0, 0.05) is 6.54 Å². The van der Waals surface area contributed by atoms with E-state index in [1.165, 1.54) is 0 Å². The molecule has 0 saturated carbocycles. The predicted molar refractivity (Wildman–Crippen MR) is 74.5 cm³/mol. The summed E-state index contributed by atoms with van der Waals surface area (Å²) in [4.78, 5) is 12.3. The zero-order valence-electron chi connectivity index (χ0n) is 11.6. The molecule has 0 radical (unpaired) electrons. The molecule has 3 N–H and O–H groups in total. The summed E-state index contributed by atoms with van der Waals surface area (Å²) in [5, 5.41) is 3.08. The summed E-state index contributed by atoms with van der Waals surface area (Å²) in [5.41, 5.74) is 6.37. The van der Waals surface area contributed by atoms with E-state index in [9.17, 15) is 4.79 Å². The lowest BCUT2D eigenvalue weighted by atomic mass is 9.91. The molecule has 1 heterocycles. The Balaban J connectivity index is 2.08. The van der Waals surface area contributed by atoms with E-state index in [1.54, 1.807) is 0 Å². The molecule has 1 aliphatic rings. The third-order valence-electron chi connectivity index (χ3n) is 3.79. The molecule has 3 unspecified atom stereocenters. The van der Waals surface area contributed by atoms with Gasteiger partial charge >= 0.3 is 0 Å². The van der Waals surface area contributed by atoms with Gasteiger partial charge < -0.3 is 15.8 Å². The van der Waals surface area contributed by atoms with Crippen molar-refractivity contribution in [3.8, 4) is 0 Å². The molecule has 0 aromatic heterocycles. The second-order valence-corrected chi connectivity index (χ2v) is 5.47. The molecule has 1 aliphatic heterocycles. The van der Waals surface area contributed by atoms with Crippen molar-refractivity contribution in [2.24, 2.45) is 11.7 Å². The molecular formula is C15H22N2O2. The maximum Gasteiger partial charge on any atom is 0.226 e. The SMILES string of the molecule is CC1CC(C(=O)NC(C)(CN)c2ccccc2)CO1. The smallest absolute Gasteiger partial charge is 0.226 e. The Morgan fingerprint density at radius 1 is 1.47 bits per heavy atom. The minimum atomic E-state index is -0.524. The van der Waals surface area contributed by atoms with Gasteiger partial charge in [0.25, 0.3) is 0 Å². The zero-order chi connectivity index (χ0) is 13.9. The summed E-state index contributed by atoms with van der Waals surface area (Å²) in [6.45, 7) is 4.82. The van der Waals surface area contributed by atoms with Crippen LogP contribution in [0.3, 0.4) is 0 Å². The molecule has 0 bridgehead atoms. The van der Waals surface area contributed by atoms with Crippen molar-refractivity contribution in [2.75, 3.05) is 13.2 Å². The molecule has 0 aliphatic carbocycles. The van der Waals surface area contributed by atoms with Crippen molar-refractivity contribution in [2.45, 2.75) is 31.9 Å². The van der Waals surface area contributed by atoms with Crippen LogP contribution in [0, 0.1) is 5.92 Å². The lowest BCUT2D eigenvalue weighted by Crippen LogP contribution is -2.50. The fourth-order valence-electron chi connectivity index (χ4n) is 2.42. The summed E-state index contributed by atoms with van der Waals surface area (Å²) in [7, 11) is 0. The fraction of sp³-hybridized carbons (Fsp3) is 0.533. The van der Waals surface area contributed by atoms with Crippen molar-refractivity contribution in [3.63, 3.8) is 0 Å². The number of amides is 1. The first-order valence-electron chi connectivity index (χ1n) is 6.74. The monoisotopic (exact) mass is 262 g/mol. The number of nitrogens with two attached hydrogens (primary N) is 1. The number of ether oxygens (including phenoxy) is 1. The predicted octanol–water partition coefficient (Wildman–Crippen LogP) is 1.40. The van der Waals surface area contributed by atoms with Gasteiger partial charge in [-0.3, -0.25) is 4.79 Å². The summed E-state index contributed by atoms with van der Waals surface area (Å²) < 4.78 is 5.45. The van der Waals surface area contributed by atoms with Crippen LogP contribution in [0.1, 0.15) is 25.8 Å². The van der Waals surface area contributed by atoms with Crippen molar-refractivity contribution in [1.82, 2.24) is 5.32 Å². The van der Waals surface area contributed by atoms with Crippen LogP contribution >= 0.6 is 0 Å². The highest BCUT2D eigenvalue weighted by Crippen LogP contribution is 2.23. The van der Waals surface area contributed by atoms with Crippen LogP contribution in [0.4, 0.5) is 0 Å². The molecule has 0 spiro atoms. The van der Waals surface area contributed by atoms with E-state index in [0.29, 0.717) is 13.2 Å². The Kier molecular flexibility index (Phi) is 4.22. The van der Waals surface area contributed by atoms with Gasteiger partial charge in [0.1, 0.15) is 0 Å². The summed E-state index contributed by atoms with van der Waals surface area (Å²) in [6, 6.07) is 9.84. The highest BCUT2D eigenvalue weighted by Gasteiger charge is 2.33. The van der Waals surface area contributed by atoms with E-state index in [4.69, 9.17) is 10.5 Å². The largest absolute Gasteiger partial charge is 0.378 e. The number of carbonyl (C=O) groups excluding carboxylic acids is 1. The van der Waals surface area contributed by atoms with Crippen LogP contribution in [0.25, 0.3) is 0 Å². The lowest BCUT2D eigenvalue weighted by Gasteiger charge is -2.31. The van der Waals surface area contributed by atoms with Crippen molar-refractivity contribution in [1.29, 1.82) is 0 Å². The van der Waals surface area contributed by atoms with Crippen molar-refractivity contribution >= 4 is 5.91 Å². The number of benzene rings is 1. The fourth-order valence-corrected chi connectivity index (χ4v) is 2.42. The number of hydrogen-bond acceptors (Lipinski definition) is 3. The van der Waals surface area contributed by atoms with Gasteiger partial charge in [-0.1, -0.05) is 30.3 Å². The Morgan fingerprint density at radius 2 is 2.16 bits per heavy atom. The van der Waals surface area contributed by atoms with E-state index in [0.717, 1.165) is 12.0 Å².